The molecule has 1 fully saturated rings. The molecule has 74 valence electrons. The van der Waals surface area contributed by atoms with Gasteiger partial charge in [0.1, 0.15) is 0 Å². The van der Waals surface area contributed by atoms with E-state index in [4.69, 9.17) is 0 Å². The molecule has 1 saturated heterocycles. The van der Waals surface area contributed by atoms with E-state index in [1.165, 1.54) is 6.42 Å². The van der Waals surface area contributed by atoms with E-state index in [2.05, 4.69) is 6.92 Å². The first kappa shape index (κ1) is 10.3. The van der Waals surface area contributed by atoms with Gasteiger partial charge in [0.05, 0.1) is 0 Å². The highest BCUT2D eigenvalue weighted by Crippen LogP contribution is 2.15. The van der Waals surface area contributed by atoms with Crippen molar-refractivity contribution in [2.24, 2.45) is 5.92 Å². The van der Waals surface area contributed by atoms with Gasteiger partial charge in [-0.15, -0.1) is 0 Å². The highest BCUT2D eigenvalue weighted by atomic mass is 16.2. The van der Waals surface area contributed by atoms with Crippen molar-refractivity contribution in [3.8, 4) is 0 Å². The molecule has 0 aromatic rings. The van der Waals surface area contributed by atoms with Gasteiger partial charge in [0.2, 0.25) is 5.91 Å². The summed E-state index contributed by atoms with van der Waals surface area (Å²) >= 11 is 0. The van der Waals surface area contributed by atoms with Crippen molar-refractivity contribution in [2.45, 2.75) is 33.6 Å². The van der Waals surface area contributed by atoms with Crippen molar-refractivity contribution < 1.29 is 4.79 Å². The second kappa shape index (κ2) is 4.45. The van der Waals surface area contributed by atoms with Crippen LogP contribution in [0.2, 0.25) is 0 Å². The first-order valence-electron chi connectivity index (χ1n) is 5.03. The quantitative estimate of drug-likeness (QED) is 0.568. The Morgan fingerprint density at radius 2 is 2.15 bits per heavy atom. The van der Waals surface area contributed by atoms with Gasteiger partial charge in [0.15, 0.2) is 0 Å². The third kappa shape index (κ3) is 3.21. The van der Waals surface area contributed by atoms with Crippen LogP contribution in [0, 0.1) is 5.92 Å². The molecular formula is C11H19NO. The first-order valence-corrected chi connectivity index (χ1v) is 5.03. The van der Waals surface area contributed by atoms with Crippen LogP contribution in [0.1, 0.15) is 33.6 Å². The fourth-order valence-corrected chi connectivity index (χ4v) is 1.73. The SMILES string of the molecule is CC(C)=CC(=O)N1CCCC(C)C1. The normalized spacial score (nSPS) is 22.7. The Kier molecular flexibility index (Phi) is 3.52. The summed E-state index contributed by atoms with van der Waals surface area (Å²) < 4.78 is 0. The summed E-state index contributed by atoms with van der Waals surface area (Å²) in [6.45, 7) is 8.01. The van der Waals surface area contributed by atoms with Crippen molar-refractivity contribution >= 4 is 5.91 Å². The number of piperidine rings is 1. The van der Waals surface area contributed by atoms with E-state index in [0.717, 1.165) is 25.1 Å². The van der Waals surface area contributed by atoms with Gasteiger partial charge in [-0.05, 0) is 32.6 Å². The second-order valence-electron chi connectivity index (χ2n) is 4.25. The van der Waals surface area contributed by atoms with Crippen LogP contribution in [0.15, 0.2) is 11.6 Å². The molecule has 0 saturated carbocycles. The standard InChI is InChI=1S/C11H19NO/c1-9(2)7-11(13)12-6-4-5-10(3)8-12/h7,10H,4-6,8H2,1-3H3. The molecule has 1 aliphatic rings. The van der Waals surface area contributed by atoms with Gasteiger partial charge < -0.3 is 4.90 Å². The Hall–Kier alpha value is -0.790. The summed E-state index contributed by atoms with van der Waals surface area (Å²) in [7, 11) is 0. The number of nitrogens with zero attached hydrogens (tertiary/aromatic N) is 1. The number of carbonyl (C=O) groups is 1. The molecule has 0 N–H and O–H groups in total. The summed E-state index contributed by atoms with van der Waals surface area (Å²) in [5.74, 6) is 0.856. The minimum absolute atomic E-state index is 0.187. The number of allylic oxidation sites excluding steroid dienone is 1. The summed E-state index contributed by atoms with van der Waals surface area (Å²) in [5, 5.41) is 0. The molecule has 1 aliphatic heterocycles. The third-order valence-corrected chi connectivity index (χ3v) is 2.38. The molecule has 1 amide bonds. The molecule has 0 spiro atoms. The van der Waals surface area contributed by atoms with Gasteiger partial charge in [0.25, 0.3) is 0 Å². The molecule has 1 atom stereocenters. The van der Waals surface area contributed by atoms with E-state index in [1.54, 1.807) is 6.08 Å². The minimum atomic E-state index is 0.187. The molecule has 0 aromatic carbocycles. The van der Waals surface area contributed by atoms with Gasteiger partial charge in [-0.2, -0.15) is 0 Å². The van der Waals surface area contributed by atoms with Crippen LogP contribution in [-0.2, 0) is 4.79 Å². The van der Waals surface area contributed by atoms with Crippen molar-refractivity contribution in [2.75, 3.05) is 13.1 Å². The van der Waals surface area contributed by atoms with Crippen LogP contribution in [0.4, 0.5) is 0 Å². The number of amides is 1. The average molecular weight is 181 g/mol. The molecule has 2 nitrogen and oxygen atoms in total. The molecule has 13 heavy (non-hydrogen) atoms. The van der Waals surface area contributed by atoms with Crippen LogP contribution in [0.3, 0.4) is 0 Å². The molecule has 1 rings (SSSR count). The maximum absolute atomic E-state index is 11.6. The maximum atomic E-state index is 11.6. The van der Waals surface area contributed by atoms with Crippen LogP contribution in [-0.4, -0.2) is 23.9 Å². The van der Waals surface area contributed by atoms with Crippen molar-refractivity contribution in [3.63, 3.8) is 0 Å². The smallest absolute Gasteiger partial charge is 0.246 e. The molecule has 2 heteroatoms. The Balaban J connectivity index is 2.51. The Labute approximate surface area is 80.6 Å². The zero-order chi connectivity index (χ0) is 9.84. The van der Waals surface area contributed by atoms with Crippen LogP contribution < -0.4 is 0 Å². The van der Waals surface area contributed by atoms with Crippen molar-refractivity contribution in [1.82, 2.24) is 4.90 Å². The van der Waals surface area contributed by atoms with Crippen LogP contribution in [0.5, 0.6) is 0 Å². The zero-order valence-electron chi connectivity index (χ0n) is 8.84. The lowest BCUT2D eigenvalue weighted by atomic mass is 10.0. The van der Waals surface area contributed by atoms with Gasteiger partial charge in [-0.25, -0.2) is 0 Å². The lowest BCUT2D eigenvalue weighted by Gasteiger charge is -2.30. The van der Waals surface area contributed by atoms with Crippen LogP contribution >= 0.6 is 0 Å². The number of hydrogen-bond acceptors (Lipinski definition) is 1. The number of rotatable bonds is 1. The summed E-state index contributed by atoms with van der Waals surface area (Å²) in [6.07, 6.45) is 4.15. The van der Waals surface area contributed by atoms with Gasteiger partial charge >= 0.3 is 0 Å². The molecule has 0 aromatic heterocycles. The number of hydrogen-bond donors (Lipinski definition) is 0. The molecule has 1 unspecified atom stereocenters. The van der Waals surface area contributed by atoms with Gasteiger partial charge in [0, 0.05) is 19.2 Å². The van der Waals surface area contributed by atoms with E-state index in [-0.39, 0.29) is 5.91 Å². The third-order valence-electron chi connectivity index (χ3n) is 2.38. The highest BCUT2D eigenvalue weighted by molar-refractivity contribution is 5.88. The Bertz CT molecular complexity index is 216. The average Bonchev–Trinajstić information content (AvgIpc) is 2.03. The van der Waals surface area contributed by atoms with E-state index in [0.29, 0.717) is 5.92 Å². The van der Waals surface area contributed by atoms with Crippen molar-refractivity contribution in [1.29, 1.82) is 0 Å². The largest absolute Gasteiger partial charge is 0.339 e. The lowest BCUT2D eigenvalue weighted by Crippen LogP contribution is -2.38. The fraction of sp³-hybridized carbons (Fsp3) is 0.727. The van der Waals surface area contributed by atoms with Gasteiger partial charge in [-0.3, -0.25) is 4.79 Å². The van der Waals surface area contributed by atoms with Gasteiger partial charge in [-0.1, -0.05) is 12.5 Å². The van der Waals surface area contributed by atoms with Crippen LogP contribution in [0.25, 0.3) is 0 Å². The summed E-state index contributed by atoms with van der Waals surface area (Å²) in [6, 6.07) is 0. The lowest BCUT2D eigenvalue weighted by molar-refractivity contribution is -0.127. The minimum Gasteiger partial charge on any atom is -0.339 e. The first-order chi connectivity index (χ1) is 6.09. The molecule has 1 heterocycles. The predicted molar refractivity (Wildman–Crippen MR) is 54.4 cm³/mol. The molecule has 0 bridgehead atoms. The topological polar surface area (TPSA) is 20.3 Å². The predicted octanol–water partition coefficient (Wildman–Crippen LogP) is 2.21. The molecular weight excluding hydrogens is 162 g/mol. The van der Waals surface area contributed by atoms with Crippen molar-refractivity contribution in [3.05, 3.63) is 11.6 Å². The maximum Gasteiger partial charge on any atom is 0.246 e. The monoisotopic (exact) mass is 181 g/mol. The number of likely N-dealkylation sites (tertiary alicyclic amines) is 1. The number of carbonyl (C=O) groups excluding carboxylic acids is 1. The van der Waals surface area contributed by atoms with E-state index >= 15 is 0 Å². The van der Waals surface area contributed by atoms with E-state index in [1.807, 2.05) is 18.7 Å². The molecule has 0 radical (unpaired) electrons. The Morgan fingerprint density at radius 3 is 2.69 bits per heavy atom. The summed E-state index contributed by atoms with van der Waals surface area (Å²) in [4.78, 5) is 13.6. The summed E-state index contributed by atoms with van der Waals surface area (Å²) in [5.41, 5.74) is 1.09. The highest BCUT2D eigenvalue weighted by Gasteiger charge is 2.18. The zero-order valence-corrected chi connectivity index (χ0v) is 8.84. The fourth-order valence-electron chi connectivity index (χ4n) is 1.73. The Morgan fingerprint density at radius 1 is 1.46 bits per heavy atom. The molecule has 0 aliphatic carbocycles. The second-order valence-corrected chi connectivity index (χ2v) is 4.25. The van der Waals surface area contributed by atoms with E-state index in [9.17, 15) is 4.79 Å². The van der Waals surface area contributed by atoms with E-state index < -0.39 is 0 Å².